The largest absolute Gasteiger partial charge is 0.421 e. The van der Waals surface area contributed by atoms with Crippen LogP contribution in [0, 0.1) is 6.92 Å². The zero-order chi connectivity index (χ0) is 26.0. The lowest BCUT2D eigenvalue weighted by Gasteiger charge is -2.26. The Morgan fingerprint density at radius 2 is 1.83 bits per heavy atom. The summed E-state index contributed by atoms with van der Waals surface area (Å²) in [4.78, 5) is 10.4. The molecule has 0 amide bonds. The first-order valence-electron chi connectivity index (χ1n) is 12.0. The summed E-state index contributed by atoms with van der Waals surface area (Å²) in [6.45, 7) is 12.3. The van der Waals surface area contributed by atoms with Crippen molar-refractivity contribution in [1.82, 2.24) is 20.2 Å². The molecule has 2 aliphatic rings. The van der Waals surface area contributed by atoms with Gasteiger partial charge in [-0.15, -0.1) is 0 Å². The predicted octanol–water partition coefficient (Wildman–Crippen LogP) is 6.38. The van der Waals surface area contributed by atoms with E-state index in [0.717, 1.165) is 48.1 Å². The monoisotopic (exact) mass is 496 g/mol. The number of hydrogen-bond acceptors (Lipinski definition) is 6. The second-order valence-electron chi connectivity index (χ2n) is 8.80. The Labute approximate surface area is 209 Å². The molecule has 0 aliphatic carbocycles. The van der Waals surface area contributed by atoms with E-state index >= 15 is 0 Å². The molecule has 3 heterocycles. The van der Waals surface area contributed by atoms with Gasteiger partial charge >= 0.3 is 6.18 Å². The number of likely N-dealkylation sites (N-methyl/N-ethyl adjacent to an activating group) is 1. The van der Waals surface area contributed by atoms with Crippen LogP contribution in [0.5, 0.6) is 0 Å². The molecule has 0 radical (unpaired) electrons. The normalized spacial score (nSPS) is 14.8. The zero-order valence-corrected chi connectivity index (χ0v) is 21.0. The van der Waals surface area contributed by atoms with E-state index in [-0.39, 0.29) is 11.8 Å². The van der Waals surface area contributed by atoms with Gasteiger partial charge in [0.1, 0.15) is 11.4 Å². The summed E-state index contributed by atoms with van der Waals surface area (Å²) >= 11 is 0. The molecular formula is C27H31F3N6. The van der Waals surface area contributed by atoms with Crippen LogP contribution >= 0.6 is 0 Å². The lowest BCUT2D eigenvalue weighted by molar-refractivity contribution is -0.137. The van der Waals surface area contributed by atoms with E-state index in [9.17, 15) is 13.2 Å². The highest BCUT2D eigenvalue weighted by Gasteiger charge is 2.36. The Hall–Kier alpha value is -3.59. The minimum atomic E-state index is -4.61. The minimum absolute atomic E-state index is 0.0900. The summed E-state index contributed by atoms with van der Waals surface area (Å²) in [7, 11) is 2.07. The quantitative estimate of drug-likeness (QED) is 0.390. The van der Waals surface area contributed by atoms with Crippen molar-refractivity contribution in [2.45, 2.75) is 46.5 Å². The van der Waals surface area contributed by atoms with Crippen molar-refractivity contribution in [2.75, 3.05) is 24.2 Å². The number of anilines is 4. The molecule has 0 spiro atoms. The molecular weight excluding hydrogens is 465 g/mol. The highest BCUT2D eigenvalue weighted by Crippen LogP contribution is 2.38. The van der Waals surface area contributed by atoms with Gasteiger partial charge in [0.2, 0.25) is 5.95 Å². The number of rotatable bonds is 4. The molecule has 3 N–H and O–H groups in total. The molecule has 6 nitrogen and oxygen atoms in total. The van der Waals surface area contributed by atoms with E-state index in [1.54, 1.807) is 12.1 Å². The number of hydrogen-bond donors (Lipinski definition) is 3. The van der Waals surface area contributed by atoms with Crippen LogP contribution in [-0.2, 0) is 25.7 Å². The second kappa shape index (κ2) is 10.2. The molecule has 1 aromatic heterocycles. The van der Waals surface area contributed by atoms with Crippen molar-refractivity contribution in [3.63, 3.8) is 0 Å². The first-order chi connectivity index (χ1) is 17.2. The third kappa shape index (κ3) is 5.16. The molecule has 0 fully saturated rings. The number of nitrogens with one attached hydrogen (secondary N) is 3. The summed E-state index contributed by atoms with van der Waals surface area (Å²) < 4.78 is 41.3. The van der Waals surface area contributed by atoms with E-state index in [1.165, 1.54) is 11.1 Å². The molecule has 36 heavy (non-hydrogen) atoms. The molecule has 190 valence electrons. The van der Waals surface area contributed by atoms with E-state index in [2.05, 4.69) is 50.5 Å². The number of aryl methyl sites for hydroxylation is 1. The fourth-order valence-electron chi connectivity index (χ4n) is 4.50. The average molecular weight is 497 g/mol. The van der Waals surface area contributed by atoms with Crippen LogP contribution in [0.3, 0.4) is 0 Å². The summed E-state index contributed by atoms with van der Waals surface area (Å²) in [6.07, 6.45) is -2.82. The third-order valence-corrected chi connectivity index (χ3v) is 6.29. The number of fused-ring (bicyclic) bond motifs is 2. The van der Waals surface area contributed by atoms with Crippen LogP contribution < -0.4 is 16.0 Å². The third-order valence-electron chi connectivity index (χ3n) is 6.29. The maximum absolute atomic E-state index is 13.8. The van der Waals surface area contributed by atoms with Crippen molar-refractivity contribution >= 4 is 28.8 Å². The SMILES string of the molecule is C=C1NCc2cccc(Nc3nc(Nc4cc5c(cc4C)CCN(C)C5)ncc3C(F)(F)F)c21.CC. The summed E-state index contributed by atoms with van der Waals surface area (Å²) in [6, 6.07) is 9.59. The van der Waals surface area contributed by atoms with Crippen LogP contribution in [0.4, 0.5) is 36.3 Å². The van der Waals surface area contributed by atoms with Crippen LogP contribution in [-0.4, -0.2) is 28.5 Å². The van der Waals surface area contributed by atoms with Gasteiger partial charge in [-0.05, 0) is 54.8 Å². The van der Waals surface area contributed by atoms with Gasteiger partial charge in [-0.2, -0.15) is 18.2 Å². The molecule has 0 bridgehead atoms. The molecule has 5 rings (SSSR count). The predicted molar refractivity (Wildman–Crippen MR) is 138 cm³/mol. The topological polar surface area (TPSA) is 65.1 Å². The number of halogens is 3. The van der Waals surface area contributed by atoms with E-state index in [0.29, 0.717) is 17.9 Å². The maximum atomic E-state index is 13.8. The number of benzene rings is 2. The lowest BCUT2D eigenvalue weighted by atomic mass is 9.96. The smallest absolute Gasteiger partial charge is 0.381 e. The minimum Gasteiger partial charge on any atom is -0.381 e. The van der Waals surface area contributed by atoms with Gasteiger partial charge in [0, 0.05) is 48.5 Å². The van der Waals surface area contributed by atoms with Crippen molar-refractivity contribution in [3.05, 3.63) is 76.5 Å². The fraction of sp³-hybridized carbons (Fsp3) is 0.333. The van der Waals surface area contributed by atoms with Crippen molar-refractivity contribution in [3.8, 4) is 0 Å². The summed E-state index contributed by atoms with van der Waals surface area (Å²) in [5, 5.41) is 9.14. The Kier molecular flexibility index (Phi) is 7.21. The summed E-state index contributed by atoms with van der Waals surface area (Å²) in [5.74, 6) is -0.222. The highest BCUT2D eigenvalue weighted by molar-refractivity contribution is 5.82. The Morgan fingerprint density at radius 1 is 1.06 bits per heavy atom. The lowest BCUT2D eigenvalue weighted by Crippen LogP contribution is -2.26. The van der Waals surface area contributed by atoms with Crippen molar-refractivity contribution in [1.29, 1.82) is 0 Å². The maximum Gasteiger partial charge on any atom is 0.421 e. The van der Waals surface area contributed by atoms with Crippen molar-refractivity contribution < 1.29 is 13.2 Å². The van der Waals surface area contributed by atoms with Crippen LogP contribution in [0.25, 0.3) is 5.70 Å². The standard InChI is InChI=1S/C25H25F3N6.C2H6/c1-14-9-16-7-8-34(3)13-18(16)10-21(14)32-24-30-12-19(25(26,27)28)23(33-24)31-20-6-4-5-17-11-29-15(2)22(17)20;1-2/h4-6,9-10,12,29H,2,7-8,11,13H2,1,3H3,(H2,30,31,32,33);1-2H3. The fourth-order valence-corrected chi connectivity index (χ4v) is 4.50. The molecule has 0 atom stereocenters. The molecule has 0 unspecified atom stereocenters. The van der Waals surface area contributed by atoms with Gasteiger partial charge in [0.25, 0.3) is 0 Å². The van der Waals surface area contributed by atoms with E-state index in [4.69, 9.17) is 0 Å². The van der Waals surface area contributed by atoms with Gasteiger partial charge in [-0.25, -0.2) is 4.98 Å². The van der Waals surface area contributed by atoms with E-state index in [1.807, 2.05) is 32.9 Å². The van der Waals surface area contributed by atoms with Crippen LogP contribution in [0.2, 0.25) is 0 Å². The number of aromatic nitrogens is 2. The van der Waals surface area contributed by atoms with Gasteiger partial charge in [-0.1, -0.05) is 38.6 Å². The molecule has 2 aliphatic heterocycles. The highest BCUT2D eigenvalue weighted by atomic mass is 19.4. The van der Waals surface area contributed by atoms with Crippen LogP contribution in [0.15, 0.2) is 43.1 Å². The van der Waals surface area contributed by atoms with Gasteiger partial charge in [0.05, 0.1) is 0 Å². The summed E-state index contributed by atoms with van der Waals surface area (Å²) in [5.41, 5.74) is 6.22. The van der Waals surface area contributed by atoms with Gasteiger partial charge in [-0.3, -0.25) is 0 Å². The zero-order valence-electron chi connectivity index (χ0n) is 21.0. The number of alkyl halides is 3. The first kappa shape index (κ1) is 25.5. The van der Waals surface area contributed by atoms with E-state index < -0.39 is 11.7 Å². The molecule has 0 saturated carbocycles. The van der Waals surface area contributed by atoms with Crippen molar-refractivity contribution in [2.24, 2.45) is 0 Å². The molecule has 2 aromatic carbocycles. The van der Waals surface area contributed by atoms with Gasteiger partial charge in [0.15, 0.2) is 0 Å². The average Bonchev–Trinajstić information content (AvgIpc) is 3.22. The second-order valence-corrected chi connectivity index (χ2v) is 8.80. The Balaban J connectivity index is 0.00000148. The molecule has 3 aromatic rings. The Bertz CT molecular complexity index is 1290. The van der Waals surface area contributed by atoms with Crippen LogP contribution in [0.1, 0.15) is 47.2 Å². The Morgan fingerprint density at radius 3 is 2.58 bits per heavy atom. The number of nitrogens with zero attached hydrogens (tertiary/aromatic N) is 3. The molecule has 0 saturated heterocycles. The van der Waals surface area contributed by atoms with Gasteiger partial charge < -0.3 is 20.9 Å². The molecule has 9 heteroatoms. The first-order valence-corrected chi connectivity index (χ1v) is 12.0.